The largest absolute Gasteiger partial charge is 0.226 e. The summed E-state index contributed by atoms with van der Waals surface area (Å²) in [5.41, 5.74) is 2.83. The van der Waals surface area contributed by atoms with Gasteiger partial charge in [0.2, 0.25) is 0 Å². The number of hydrazone groups is 1. The molecule has 1 fully saturated rings. The second-order valence-electron chi connectivity index (χ2n) is 6.93. The number of hydrazine groups is 1. The minimum atomic E-state index is 0.483. The average Bonchev–Trinajstić information content (AvgIpc) is 2.82. The van der Waals surface area contributed by atoms with Gasteiger partial charge >= 0.3 is 0 Å². The fraction of sp³-hybridized carbons (Fsp3) is 0.650. The van der Waals surface area contributed by atoms with Crippen molar-refractivity contribution in [1.82, 2.24) is 10.1 Å². The third-order valence-corrected chi connectivity index (χ3v) is 5.14. The minimum Gasteiger partial charge on any atom is -0.226 e. The number of benzene rings is 1. The Bertz CT molecular complexity index is 489. The lowest BCUT2D eigenvalue weighted by Gasteiger charge is -2.29. The molecule has 1 atom stereocenters. The van der Waals surface area contributed by atoms with Crippen molar-refractivity contribution in [3.63, 3.8) is 0 Å². The van der Waals surface area contributed by atoms with Crippen molar-refractivity contribution < 1.29 is 0 Å². The highest BCUT2D eigenvalue weighted by Gasteiger charge is 2.30. The molecule has 0 aliphatic carbocycles. The van der Waals surface area contributed by atoms with Crippen LogP contribution in [0.15, 0.2) is 35.4 Å². The van der Waals surface area contributed by atoms with Crippen molar-refractivity contribution in [1.29, 1.82) is 0 Å². The molecule has 2 aliphatic heterocycles. The van der Waals surface area contributed by atoms with Gasteiger partial charge in [-0.3, -0.25) is 0 Å². The molecule has 1 aromatic rings. The van der Waals surface area contributed by atoms with E-state index >= 15 is 0 Å². The Labute approximate surface area is 141 Å². The highest BCUT2D eigenvalue weighted by Crippen LogP contribution is 2.29. The molecule has 1 saturated heterocycles. The van der Waals surface area contributed by atoms with Crippen molar-refractivity contribution in [2.45, 2.75) is 64.2 Å². The maximum absolute atomic E-state index is 5.06. The Morgan fingerprint density at radius 1 is 1.00 bits per heavy atom. The van der Waals surface area contributed by atoms with E-state index in [4.69, 9.17) is 5.10 Å². The first-order valence-electron chi connectivity index (χ1n) is 9.53. The number of rotatable bonds is 6. The van der Waals surface area contributed by atoms with Crippen LogP contribution in [-0.4, -0.2) is 35.5 Å². The predicted molar refractivity (Wildman–Crippen MR) is 97.5 cm³/mol. The zero-order valence-electron chi connectivity index (χ0n) is 14.6. The zero-order chi connectivity index (χ0) is 15.9. The van der Waals surface area contributed by atoms with Gasteiger partial charge in [-0.2, -0.15) is 5.10 Å². The third-order valence-electron chi connectivity index (χ3n) is 5.14. The molecule has 2 heterocycles. The third kappa shape index (κ3) is 4.35. The number of nitrogens with zero attached hydrogens (tertiary/aromatic N) is 3. The van der Waals surface area contributed by atoms with E-state index < -0.39 is 0 Å². The Kier molecular flexibility index (Phi) is 6.09. The van der Waals surface area contributed by atoms with Crippen molar-refractivity contribution >= 4 is 5.71 Å². The Morgan fingerprint density at radius 2 is 1.74 bits per heavy atom. The molecule has 3 nitrogen and oxygen atoms in total. The van der Waals surface area contributed by atoms with Gasteiger partial charge in [0.05, 0.1) is 6.54 Å². The molecule has 0 bridgehead atoms. The van der Waals surface area contributed by atoms with E-state index in [2.05, 4.69) is 47.4 Å². The molecule has 0 spiro atoms. The molecule has 0 N–H and O–H groups in total. The maximum atomic E-state index is 5.06. The molecule has 0 aromatic heterocycles. The molecule has 1 aromatic carbocycles. The van der Waals surface area contributed by atoms with Crippen LogP contribution in [0.2, 0.25) is 0 Å². The molecule has 2 aliphatic rings. The van der Waals surface area contributed by atoms with Crippen molar-refractivity contribution in [3.8, 4) is 0 Å². The quantitative estimate of drug-likeness (QED) is 0.702. The van der Waals surface area contributed by atoms with Gasteiger partial charge in [-0.15, -0.1) is 0 Å². The maximum Gasteiger partial charge on any atom is 0.0657 e. The highest BCUT2D eigenvalue weighted by atomic mass is 15.8. The highest BCUT2D eigenvalue weighted by molar-refractivity contribution is 5.92. The van der Waals surface area contributed by atoms with Gasteiger partial charge in [0.15, 0.2) is 0 Å². The molecule has 1 unspecified atom stereocenters. The topological polar surface area (TPSA) is 18.8 Å². The molecule has 0 radical (unpaired) electrons. The summed E-state index contributed by atoms with van der Waals surface area (Å²) < 4.78 is 0. The summed E-state index contributed by atoms with van der Waals surface area (Å²) >= 11 is 0. The Morgan fingerprint density at radius 3 is 2.43 bits per heavy atom. The van der Waals surface area contributed by atoms with Crippen LogP contribution in [0.3, 0.4) is 0 Å². The van der Waals surface area contributed by atoms with Crippen LogP contribution in [-0.2, 0) is 0 Å². The van der Waals surface area contributed by atoms with Gasteiger partial charge in [-0.25, -0.2) is 10.1 Å². The van der Waals surface area contributed by atoms with Crippen molar-refractivity contribution in [2.75, 3.05) is 19.6 Å². The molecule has 3 heteroatoms. The van der Waals surface area contributed by atoms with E-state index in [-0.39, 0.29) is 0 Å². The zero-order valence-corrected chi connectivity index (χ0v) is 14.6. The number of hydrogen-bond donors (Lipinski definition) is 0. The summed E-state index contributed by atoms with van der Waals surface area (Å²) in [6.07, 6.45) is 10.4. The summed E-state index contributed by atoms with van der Waals surface area (Å²) in [6, 6.07) is 11.0. The smallest absolute Gasteiger partial charge is 0.0657 e. The minimum absolute atomic E-state index is 0.483. The number of unbranched alkanes of at least 4 members (excludes halogenated alkanes) is 2. The summed E-state index contributed by atoms with van der Waals surface area (Å²) in [5.74, 6) is 0.483. The SMILES string of the molecule is CCCCCC1=NN(N2CCCCCC2)CC1c1ccccc1. The van der Waals surface area contributed by atoms with Gasteiger partial charge in [0.1, 0.15) is 0 Å². The van der Waals surface area contributed by atoms with Crippen LogP contribution < -0.4 is 0 Å². The second kappa shape index (κ2) is 8.49. The summed E-state index contributed by atoms with van der Waals surface area (Å²) in [7, 11) is 0. The molecule has 126 valence electrons. The standard InChI is InChI=1S/C20H31N3/c1-2-3-7-14-20-19(18-12-8-6-9-13-18)17-23(21-20)22-15-10-4-5-11-16-22/h6,8-9,12-13,19H,2-5,7,10-11,14-17H2,1H3. The van der Waals surface area contributed by atoms with Gasteiger partial charge < -0.3 is 0 Å². The molecular weight excluding hydrogens is 282 g/mol. The molecule has 23 heavy (non-hydrogen) atoms. The van der Waals surface area contributed by atoms with Gasteiger partial charge in [-0.1, -0.05) is 62.9 Å². The first kappa shape index (κ1) is 16.5. The van der Waals surface area contributed by atoms with E-state index in [1.165, 1.54) is 69.3 Å². The van der Waals surface area contributed by atoms with Crippen molar-refractivity contribution in [3.05, 3.63) is 35.9 Å². The fourth-order valence-corrected chi connectivity index (χ4v) is 3.75. The van der Waals surface area contributed by atoms with E-state index in [9.17, 15) is 0 Å². The molecule has 0 saturated carbocycles. The lowest BCUT2D eigenvalue weighted by atomic mass is 9.92. The lowest BCUT2D eigenvalue weighted by Crippen LogP contribution is -2.39. The monoisotopic (exact) mass is 313 g/mol. The Hall–Kier alpha value is -1.35. The lowest BCUT2D eigenvalue weighted by molar-refractivity contribution is -0.0123. The fourth-order valence-electron chi connectivity index (χ4n) is 3.75. The Balaban J connectivity index is 1.72. The summed E-state index contributed by atoms with van der Waals surface area (Å²) in [6.45, 7) is 5.65. The molecule has 3 rings (SSSR count). The van der Waals surface area contributed by atoms with Crippen LogP contribution in [0.1, 0.15) is 69.8 Å². The van der Waals surface area contributed by atoms with E-state index in [1.807, 2.05) is 0 Å². The van der Waals surface area contributed by atoms with Crippen LogP contribution in [0.5, 0.6) is 0 Å². The van der Waals surface area contributed by atoms with Crippen LogP contribution in [0.4, 0.5) is 0 Å². The van der Waals surface area contributed by atoms with Gasteiger partial charge in [-0.05, 0) is 31.2 Å². The van der Waals surface area contributed by atoms with Crippen molar-refractivity contribution in [2.24, 2.45) is 5.10 Å². The van der Waals surface area contributed by atoms with Crippen LogP contribution in [0, 0.1) is 0 Å². The second-order valence-corrected chi connectivity index (χ2v) is 6.93. The van der Waals surface area contributed by atoms with Gasteiger partial charge in [0.25, 0.3) is 0 Å². The van der Waals surface area contributed by atoms with Crippen LogP contribution >= 0.6 is 0 Å². The first-order chi connectivity index (χ1) is 11.4. The average molecular weight is 313 g/mol. The molecule has 0 amide bonds. The first-order valence-corrected chi connectivity index (χ1v) is 9.53. The van der Waals surface area contributed by atoms with E-state index in [0.717, 1.165) is 13.0 Å². The molecular formula is C20H31N3. The van der Waals surface area contributed by atoms with Gasteiger partial charge in [0, 0.05) is 24.7 Å². The predicted octanol–water partition coefficient (Wildman–Crippen LogP) is 4.81. The van der Waals surface area contributed by atoms with Crippen LogP contribution in [0.25, 0.3) is 0 Å². The summed E-state index contributed by atoms with van der Waals surface area (Å²) in [4.78, 5) is 0. The van der Waals surface area contributed by atoms with E-state index in [1.54, 1.807) is 0 Å². The van der Waals surface area contributed by atoms with E-state index in [0.29, 0.717) is 5.92 Å². The summed E-state index contributed by atoms with van der Waals surface area (Å²) in [5, 5.41) is 9.85. The normalized spacial score (nSPS) is 22.9. The number of hydrogen-bond acceptors (Lipinski definition) is 3.